The normalized spacial score (nSPS) is 15.1. The summed E-state index contributed by atoms with van der Waals surface area (Å²) in [6.45, 7) is 9.24. The monoisotopic (exact) mass is 390 g/mol. The van der Waals surface area contributed by atoms with Crippen molar-refractivity contribution in [1.29, 1.82) is 0 Å². The maximum Gasteiger partial charge on any atom is 0.317 e. The van der Waals surface area contributed by atoms with Gasteiger partial charge in [0.1, 0.15) is 5.82 Å². The van der Waals surface area contributed by atoms with Gasteiger partial charge in [0.05, 0.1) is 6.54 Å². The number of urea groups is 1. The van der Waals surface area contributed by atoms with Gasteiger partial charge in [-0.2, -0.15) is 0 Å². The highest BCUT2D eigenvalue weighted by atomic mass is 16.2. The molecule has 0 unspecified atom stereocenters. The van der Waals surface area contributed by atoms with Crippen molar-refractivity contribution in [2.24, 2.45) is 0 Å². The van der Waals surface area contributed by atoms with Crippen LogP contribution in [0.25, 0.3) is 0 Å². The van der Waals surface area contributed by atoms with Gasteiger partial charge in [0.25, 0.3) is 0 Å². The van der Waals surface area contributed by atoms with Crippen molar-refractivity contribution < 1.29 is 9.59 Å². The molecule has 1 aliphatic heterocycles. The predicted molar refractivity (Wildman–Crippen MR) is 111 cm³/mol. The van der Waals surface area contributed by atoms with E-state index in [1.165, 1.54) is 0 Å². The zero-order chi connectivity index (χ0) is 20.5. The Bertz CT molecular complexity index is 647. The number of hydrogen-bond acceptors (Lipinski definition) is 5. The Kier molecular flexibility index (Phi) is 8.50. The van der Waals surface area contributed by atoms with E-state index in [2.05, 4.69) is 15.2 Å². The highest BCUT2D eigenvalue weighted by Gasteiger charge is 2.22. The SMILES string of the molecule is CCN(CC)C(=O)CN1CCCN(C(=O)NCc2cccnc2N(C)C)CC1. The topological polar surface area (TPSA) is 72.0 Å². The maximum absolute atomic E-state index is 12.6. The molecular weight excluding hydrogens is 356 g/mol. The van der Waals surface area contributed by atoms with Crippen LogP contribution < -0.4 is 10.2 Å². The number of aromatic nitrogens is 1. The largest absolute Gasteiger partial charge is 0.362 e. The van der Waals surface area contributed by atoms with Gasteiger partial charge >= 0.3 is 6.03 Å². The van der Waals surface area contributed by atoms with Gasteiger partial charge in [-0.25, -0.2) is 9.78 Å². The molecule has 8 heteroatoms. The minimum absolute atomic E-state index is 0.0644. The second-order valence-electron chi connectivity index (χ2n) is 7.22. The Morgan fingerprint density at radius 1 is 1.14 bits per heavy atom. The van der Waals surface area contributed by atoms with Crippen LogP contribution in [-0.4, -0.2) is 91.5 Å². The van der Waals surface area contributed by atoms with E-state index in [4.69, 9.17) is 0 Å². The van der Waals surface area contributed by atoms with Crippen molar-refractivity contribution in [2.75, 3.05) is 64.8 Å². The molecule has 1 fully saturated rings. The minimum Gasteiger partial charge on any atom is -0.362 e. The van der Waals surface area contributed by atoms with Gasteiger partial charge in [0.2, 0.25) is 5.91 Å². The van der Waals surface area contributed by atoms with E-state index < -0.39 is 0 Å². The summed E-state index contributed by atoms with van der Waals surface area (Å²) in [7, 11) is 3.88. The number of nitrogens with one attached hydrogen (secondary N) is 1. The summed E-state index contributed by atoms with van der Waals surface area (Å²) in [5, 5.41) is 3.01. The van der Waals surface area contributed by atoms with Crippen molar-refractivity contribution in [3.63, 3.8) is 0 Å². The van der Waals surface area contributed by atoms with Crippen molar-refractivity contribution >= 4 is 17.8 Å². The molecule has 0 bridgehead atoms. The Labute approximate surface area is 168 Å². The molecule has 1 N–H and O–H groups in total. The molecule has 1 aliphatic rings. The second-order valence-corrected chi connectivity index (χ2v) is 7.22. The lowest BCUT2D eigenvalue weighted by molar-refractivity contribution is -0.132. The van der Waals surface area contributed by atoms with Gasteiger partial charge < -0.3 is 20.0 Å². The molecule has 2 heterocycles. The number of anilines is 1. The number of rotatable bonds is 7. The highest BCUT2D eigenvalue weighted by molar-refractivity contribution is 5.78. The number of pyridine rings is 1. The van der Waals surface area contributed by atoms with Crippen LogP contribution in [0.1, 0.15) is 25.8 Å². The minimum atomic E-state index is -0.0644. The maximum atomic E-state index is 12.6. The molecule has 0 saturated carbocycles. The first-order chi connectivity index (χ1) is 13.5. The quantitative estimate of drug-likeness (QED) is 0.758. The summed E-state index contributed by atoms with van der Waals surface area (Å²) >= 11 is 0. The van der Waals surface area contributed by atoms with Crippen LogP contribution in [0, 0.1) is 0 Å². The van der Waals surface area contributed by atoms with E-state index >= 15 is 0 Å². The number of carbonyl (C=O) groups is 2. The predicted octanol–water partition coefficient (Wildman–Crippen LogP) is 1.23. The van der Waals surface area contributed by atoms with E-state index in [1.807, 2.05) is 54.8 Å². The average Bonchev–Trinajstić information content (AvgIpc) is 2.93. The van der Waals surface area contributed by atoms with Crippen LogP contribution >= 0.6 is 0 Å². The molecule has 1 saturated heterocycles. The molecular formula is C20H34N6O2. The van der Waals surface area contributed by atoms with Gasteiger partial charge in [-0.05, 0) is 26.3 Å². The third-order valence-electron chi connectivity index (χ3n) is 5.07. The van der Waals surface area contributed by atoms with Crippen LogP contribution in [0.5, 0.6) is 0 Å². The van der Waals surface area contributed by atoms with Gasteiger partial charge in [-0.15, -0.1) is 0 Å². The van der Waals surface area contributed by atoms with Crippen molar-refractivity contribution in [2.45, 2.75) is 26.8 Å². The molecule has 0 aromatic carbocycles. The van der Waals surface area contributed by atoms with Crippen LogP contribution in [-0.2, 0) is 11.3 Å². The third-order valence-corrected chi connectivity index (χ3v) is 5.07. The molecule has 2 rings (SSSR count). The van der Waals surface area contributed by atoms with Crippen LogP contribution in [0.4, 0.5) is 10.6 Å². The van der Waals surface area contributed by atoms with Gasteiger partial charge in [-0.3, -0.25) is 9.69 Å². The summed E-state index contributed by atoms with van der Waals surface area (Å²) in [6, 6.07) is 3.79. The number of likely N-dealkylation sites (N-methyl/N-ethyl adjacent to an activating group) is 1. The summed E-state index contributed by atoms with van der Waals surface area (Å²) < 4.78 is 0. The summed E-state index contributed by atoms with van der Waals surface area (Å²) in [4.78, 5) is 37.1. The first-order valence-corrected chi connectivity index (χ1v) is 10.1. The molecule has 28 heavy (non-hydrogen) atoms. The van der Waals surface area contributed by atoms with Gasteiger partial charge in [-0.1, -0.05) is 6.07 Å². The van der Waals surface area contributed by atoms with Crippen LogP contribution in [0.15, 0.2) is 18.3 Å². The lowest BCUT2D eigenvalue weighted by Gasteiger charge is -2.25. The van der Waals surface area contributed by atoms with E-state index in [1.54, 1.807) is 6.20 Å². The summed E-state index contributed by atoms with van der Waals surface area (Å²) in [6.07, 6.45) is 2.62. The molecule has 0 spiro atoms. The van der Waals surface area contributed by atoms with Gasteiger partial charge in [0.15, 0.2) is 0 Å². The van der Waals surface area contributed by atoms with E-state index in [9.17, 15) is 9.59 Å². The standard InChI is InChI=1S/C20H34N6O2/c1-5-25(6-2)18(27)16-24-11-8-12-26(14-13-24)20(28)22-15-17-9-7-10-21-19(17)23(3)4/h7,9-10H,5-6,8,11-16H2,1-4H3,(H,22,28). The number of nitrogens with zero attached hydrogens (tertiary/aromatic N) is 5. The molecule has 0 atom stereocenters. The molecule has 0 radical (unpaired) electrons. The van der Waals surface area contributed by atoms with Crippen LogP contribution in [0.2, 0.25) is 0 Å². The van der Waals surface area contributed by atoms with Crippen molar-refractivity contribution in [1.82, 2.24) is 25.0 Å². The van der Waals surface area contributed by atoms with Crippen molar-refractivity contribution in [3.05, 3.63) is 23.9 Å². The van der Waals surface area contributed by atoms with E-state index in [0.717, 1.165) is 44.0 Å². The lowest BCUT2D eigenvalue weighted by Crippen LogP contribution is -2.43. The molecule has 0 aliphatic carbocycles. The lowest BCUT2D eigenvalue weighted by atomic mass is 10.2. The van der Waals surface area contributed by atoms with Crippen molar-refractivity contribution in [3.8, 4) is 0 Å². The zero-order valence-electron chi connectivity index (χ0n) is 17.6. The third kappa shape index (κ3) is 6.09. The molecule has 1 aromatic rings. The Balaban J connectivity index is 1.85. The Hall–Kier alpha value is -2.35. The van der Waals surface area contributed by atoms with Gasteiger partial charge in [0, 0.05) is 71.7 Å². The highest BCUT2D eigenvalue weighted by Crippen LogP contribution is 2.14. The fourth-order valence-electron chi connectivity index (χ4n) is 3.45. The average molecular weight is 391 g/mol. The molecule has 8 nitrogen and oxygen atoms in total. The fourth-order valence-corrected chi connectivity index (χ4v) is 3.45. The van der Waals surface area contributed by atoms with Crippen LogP contribution in [0.3, 0.4) is 0 Å². The summed E-state index contributed by atoms with van der Waals surface area (Å²) in [5.74, 6) is 1.02. The number of hydrogen-bond donors (Lipinski definition) is 1. The zero-order valence-corrected chi connectivity index (χ0v) is 17.6. The molecule has 3 amide bonds. The fraction of sp³-hybridized carbons (Fsp3) is 0.650. The Morgan fingerprint density at radius 2 is 1.89 bits per heavy atom. The number of amides is 3. The Morgan fingerprint density at radius 3 is 2.57 bits per heavy atom. The molecule has 1 aromatic heterocycles. The first kappa shape index (κ1) is 21.9. The smallest absolute Gasteiger partial charge is 0.317 e. The summed E-state index contributed by atoms with van der Waals surface area (Å²) in [5.41, 5.74) is 0.988. The second kappa shape index (κ2) is 10.8. The number of carbonyl (C=O) groups excluding carboxylic acids is 2. The van der Waals surface area contributed by atoms with E-state index in [-0.39, 0.29) is 11.9 Å². The first-order valence-electron chi connectivity index (χ1n) is 10.1. The molecule has 156 valence electrons. The van der Waals surface area contributed by atoms with E-state index in [0.29, 0.717) is 26.2 Å².